The van der Waals surface area contributed by atoms with E-state index in [-0.39, 0.29) is 5.54 Å². The highest BCUT2D eigenvalue weighted by Crippen LogP contribution is 2.27. The van der Waals surface area contributed by atoms with Gasteiger partial charge in [-0.25, -0.2) is 9.97 Å². The first-order valence-electron chi connectivity index (χ1n) is 6.37. The number of nitrogens with one attached hydrogen (secondary N) is 1. The van der Waals surface area contributed by atoms with Crippen LogP contribution in [0.3, 0.4) is 0 Å². The van der Waals surface area contributed by atoms with Gasteiger partial charge in [-0.3, -0.25) is 0 Å². The Morgan fingerprint density at radius 3 is 2.65 bits per heavy atom. The number of benzene rings is 1. The summed E-state index contributed by atoms with van der Waals surface area (Å²) in [5, 5.41) is 4.10. The van der Waals surface area contributed by atoms with Crippen LogP contribution in [0, 0.1) is 0 Å². The fourth-order valence-electron chi connectivity index (χ4n) is 1.62. The molecule has 0 amide bonds. The van der Waals surface area contributed by atoms with Crippen molar-refractivity contribution in [1.29, 1.82) is 0 Å². The molecular formula is C15H17BrClN3. The second kappa shape index (κ2) is 6.20. The van der Waals surface area contributed by atoms with Gasteiger partial charge in [0.05, 0.1) is 10.7 Å². The molecule has 0 aliphatic rings. The highest BCUT2D eigenvalue weighted by molar-refractivity contribution is 9.10. The van der Waals surface area contributed by atoms with Crippen LogP contribution in [0.4, 0.5) is 0 Å². The number of rotatable bonds is 3. The summed E-state index contributed by atoms with van der Waals surface area (Å²) in [6, 6.07) is 7.61. The molecule has 1 aromatic heterocycles. The maximum absolute atomic E-state index is 6.00. The zero-order chi connectivity index (χ0) is 14.8. The van der Waals surface area contributed by atoms with Gasteiger partial charge in [-0.15, -0.1) is 0 Å². The van der Waals surface area contributed by atoms with Crippen molar-refractivity contribution in [3.8, 4) is 11.4 Å². The standard InChI is InChI=1S/C15H17BrClN3/c1-15(2,3)19-9-11-6-7-18-14(20-11)10-4-5-13(17)12(16)8-10/h4-8,19H,9H2,1-3H3. The molecule has 2 aromatic rings. The lowest BCUT2D eigenvalue weighted by Crippen LogP contribution is -2.35. The number of halogens is 2. The Morgan fingerprint density at radius 2 is 2.00 bits per heavy atom. The number of aromatic nitrogens is 2. The Morgan fingerprint density at radius 1 is 1.25 bits per heavy atom. The molecule has 0 fully saturated rings. The molecule has 0 radical (unpaired) electrons. The highest BCUT2D eigenvalue weighted by Gasteiger charge is 2.10. The first-order chi connectivity index (χ1) is 9.35. The van der Waals surface area contributed by atoms with Gasteiger partial charge in [0.15, 0.2) is 5.82 Å². The summed E-state index contributed by atoms with van der Waals surface area (Å²) in [5.41, 5.74) is 1.98. The molecule has 0 saturated carbocycles. The molecule has 106 valence electrons. The quantitative estimate of drug-likeness (QED) is 0.885. The van der Waals surface area contributed by atoms with Crippen molar-refractivity contribution in [3.05, 3.63) is 45.7 Å². The van der Waals surface area contributed by atoms with Gasteiger partial charge >= 0.3 is 0 Å². The molecule has 2 rings (SSSR count). The van der Waals surface area contributed by atoms with Gasteiger partial charge in [0.2, 0.25) is 0 Å². The van der Waals surface area contributed by atoms with Gasteiger partial charge < -0.3 is 5.32 Å². The van der Waals surface area contributed by atoms with E-state index in [4.69, 9.17) is 11.6 Å². The summed E-state index contributed by atoms with van der Waals surface area (Å²) in [5.74, 6) is 0.704. The molecule has 1 aromatic carbocycles. The van der Waals surface area contributed by atoms with E-state index in [1.54, 1.807) is 6.20 Å². The van der Waals surface area contributed by atoms with Crippen molar-refractivity contribution in [2.75, 3.05) is 0 Å². The van der Waals surface area contributed by atoms with E-state index < -0.39 is 0 Å². The Kier molecular flexibility index (Phi) is 4.78. The largest absolute Gasteiger partial charge is 0.306 e. The molecule has 0 saturated heterocycles. The maximum atomic E-state index is 6.00. The van der Waals surface area contributed by atoms with Crippen LogP contribution in [-0.4, -0.2) is 15.5 Å². The van der Waals surface area contributed by atoms with E-state index in [2.05, 4.69) is 52.0 Å². The summed E-state index contributed by atoms with van der Waals surface area (Å²) >= 11 is 9.42. The molecule has 0 atom stereocenters. The average molecular weight is 355 g/mol. The van der Waals surface area contributed by atoms with Crippen LogP contribution in [-0.2, 0) is 6.54 Å². The second-order valence-electron chi connectivity index (χ2n) is 5.60. The van der Waals surface area contributed by atoms with Crippen molar-refractivity contribution in [3.63, 3.8) is 0 Å². The van der Waals surface area contributed by atoms with Crippen LogP contribution in [0.1, 0.15) is 26.5 Å². The van der Waals surface area contributed by atoms with Gasteiger partial charge in [-0.05, 0) is 61.0 Å². The fraction of sp³-hybridized carbons (Fsp3) is 0.333. The zero-order valence-corrected chi connectivity index (χ0v) is 14.1. The molecule has 20 heavy (non-hydrogen) atoms. The summed E-state index contributed by atoms with van der Waals surface area (Å²) in [4.78, 5) is 8.90. The van der Waals surface area contributed by atoms with Crippen LogP contribution in [0.15, 0.2) is 34.9 Å². The Labute approximate surface area is 132 Å². The predicted octanol–water partition coefficient (Wildman–Crippen LogP) is 4.45. The molecular weight excluding hydrogens is 338 g/mol. The smallest absolute Gasteiger partial charge is 0.159 e. The van der Waals surface area contributed by atoms with Crippen molar-refractivity contribution < 1.29 is 0 Å². The van der Waals surface area contributed by atoms with Gasteiger partial charge in [-0.2, -0.15) is 0 Å². The van der Waals surface area contributed by atoms with Crippen LogP contribution in [0.2, 0.25) is 5.02 Å². The lowest BCUT2D eigenvalue weighted by atomic mass is 10.1. The summed E-state index contributed by atoms with van der Waals surface area (Å²) in [7, 11) is 0. The SMILES string of the molecule is CC(C)(C)NCc1ccnc(-c2ccc(Cl)c(Br)c2)n1. The van der Waals surface area contributed by atoms with Crippen molar-refractivity contribution in [1.82, 2.24) is 15.3 Å². The third kappa shape index (κ3) is 4.27. The van der Waals surface area contributed by atoms with Gasteiger partial charge in [0, 0.05) is 28.3 Å². The molecule has 5 heteroatoms. The van der Waals surface area contributed by atoms with E-state index >= 15 is 0 Å². The summed E-state index contributed by atoms with van der Waals surface area (Å²) in [6.45, 7) is 7.11. The van der Waals surface area contributed by atoms with Crippen LogP contribution >= 0.6 is 27.5 Å². The van der Waals surface area contributed by atoms with Crippen molar-refractivity contribution >= 4 is 27.5 Å². The molecule has 0 aliphatic heterocycles. The highest BCUT2D eigenvalue weighted by atomic mass is 79.9. The summed E-state index contributed by atoms with van der Waals surface area (Å²) in [6.07, 6.45) is 1.78. The van der Waals surface area contributed by atoms with E-state index in [1.165, 1.54) is 0 Å². The normalized spacial score (nSPS) is 11.7. The lowest BCUT2D eigenvalue weighted by molar-refractivity contribution is 0.421. The monoisotopic (exact) mass is 353 g/mol. The number of hydrogen-bond acceptors (Lipinski definition) is 3. The minimum Gasteiger partial charge on any atom is -0.306 e. The minimum atomic E-state index is 0.0639. The molecule has 1 heterocycles. The molecule has 0 unspecified atom stereocenters. The molecule has 0 bridgehead atoms. The number of hydrogen-bond donors (Lipinski definition) is 1. The van der Waals surface area contributed by atoms with Crippen molar-refractivity contribution in [2.45, 2.75) is 32.9 Å². The van der Waals surface area contributed by atoms with E-state index in [1.807, 2.05) is 24.3 Å². The van der Waals surface area contributed by atoms with Crippen LogP contribution < -0.4 is 5.32 Å². The van der Waals surface area contributed by atoms with E-state index in [9.17, 15) is 0 Å². The van der Waals surface area contributed by atoms with Gasteiger partial charge in [0.1, 0.15) is 0 Å². The third-order valence-electron chi connectivity index (χ3n) is 2.69. The fourth-order valence-corrected chi connectivity index (χ4v) is 2.12. The zero-order valence-electron chi connectivity index (χ0n) is 11.7. The summed E-state index contributed by atoms with van der Waals surface area (Å²) < 4.78 is 0.846. The average Bonchev–Trinajstić information content (AvgIpc) is 2.39. The van der Waals surface area contributed by atoms with Crippen LogP contribution in [0.25, 0.3) is 11.4 Å². The van der Waals surface area contributed by atoms with Gasteiger partial charge in [-0.1, -0.05) is 11.6 Å². The molecule has 0 spiro atoms. The maximum Gasteiger partial charge on any atom is 0.159 e. The topological polar surface area (TPSA) is 37.8 Å². The van der Waals surface area contributed by atoms with Gasteiger partial charge in [0.25, 0.3) is 0 Å². The van der Waals surface area contributed by atoms with Crippen LogP contribution in [0.5, 0.6) is 0 Å². The Balaban J connectivity index is 2.23. The third-order valence-corrected chi connectivity index (χ3v) is 3.90. The molecule has 0 aliphatic carbocycles. The van der Waals surface area contributed by atoms with E-state index in [0.29, 0.717) is 17.4 Å². The molecule has 3 nitrogen and oxygen atoms in total. The number of nitrogens with zero attached hydrogens (tertiary/aromatic N) is 2. The Hall–Kier alpha value is -0.970. The Bertz CT molecular complexity index is 608. The van der Waals surface area contributed by atoms with Crippen molar-refractivity contribution in [2.24, 2.45) is 0 Å². The first kappa shape index (κ1) is 15.4. The van der Waals surface area contributed by atoms with E-state index in [0.717, 1.165) is 15.7 Å². The predicted molar refractivity (Wildman–Crippen MR) is 86.8 cm³/mol. The second-order valence-corrected chi connectivity index (χ2v) is 6.87. The lowest BCUT2D eigenvalue weighted by Gasteiger charge is -2.20. The first-order valence-corrected chi connectivity index (χ1v) is 7.55. The molecule has 1 N–H and O–H groups in total. The minimum absolute atomic E-state index is 0.0639.